The zero-order chi connectivity index (χ0) is 16.4. The minimum Gasteiger partial charge on any atom is -0.381 e. The maximum atomic E-state index is 11.7. The van der Waals surface area contributed by atoms with Crippen LogP contribution < -0.4 is 0 Å². The fourth-order valence-electron chi connectivity index (χ4n) is 3.37. The molecule has 0 unspecified atom stereocenters. The lowest BCUT2D eigenvalue weighted by atomic mass is 9.63. The molecule has 0 aliphatic heterocycles. The fraction of sp³-hybridized carbons (Fsp3) is 0.400. The number of benzene rings is 2. The van der Waals surface area contributed by atoms with Gasteiger partial charge in [0.15, 0.2) is 0 Å². The SMILES string of the molecule is CC(C)[C@@](O)(c1ccccc1)[C@](O)(c1ccccc1)C(C)C. The predicted molar refractivity (Wildman–Crippen MR) is 90.4 cm³/mol. The third-order valence-corrected chi connectivity index (χ3v) is 4.68. The Morgan fingerprint density at radius 3 is 1.09 bits per heavy atom. The summed E-state index contributed by atoms with van der Waals surface area (Å²) >= 11 is 0. The third-order valence-electron chi connectivity index (χ3n) is 4.68. The average molecular weight is 298 g/mol. The van der Waals surface area contributed by atoms with E-state index in [1.807, 2.05) is 88.4 Å². The molecule has 118 valence electrons. The predicted octanol–water partition coefficient (Wildman–Crippen LogP) is 4.07. The van der Waals surface area contributed by atoms with Crippen molar-refractivity contribution in [3.05, 3.63) is 71.8 Å². The van der Waals surface area contributed by atoms with Crippen LogP contribution in [0.15, 0.2) is 60.7 Å². The highest BCUT2D eigenvalue weighted by atomic mass is 16.4. The Bertz CT molecular complexity index is 536. The molecular formula is C20H26O2. The number of rotatable bonds is 5. The van der Waals surface area contributed by atoms with Gasteiger partial charge in [0.1, 0.15) is 11.2 Å². The van der Waals surface area contributed by atoms with Gasteiger partial charge in [0.25, 0.3) is 0 Å². The Labute approximate surface area is 133 Å². The molecule has 0 aliphatic rings. The van der Waals surface area contributed by atoms with Crippen LogP contribution in [0.1, 0.15) is 38.8 Å². The quantitative estimate of drug-likeness (QED) is 0.873. The molecule has 2 aromatic rings. The molecule has 2 N–H and O–H groups in total. The second-order valence-electron chi connectivity index (χ2n) is 6.57. The Morgan fingerprint density at radius 1 is 0.591 bits per heavy atom. The maximum Gasteiger partial charge on any atom is 0.125 e. The highest BCUT2D eigenvalue weighted by Gasteiger charge is 2.55. The molecule has 2 nitrogen and oxygen atoms in total. The van der Waals surface area contributed by atoms with Crippen molar-refractivity contribution in [2.75, 3.05) is 0 Å². The standard InChI is InChI=1S/C20H26O2/c1-15(2)19(21,17-11-7-5-8-12-17)20(22,16(3)4)18-13-9-6-10-14-18/h5-16,21-22H,1-4H3/t19-,20-/m1/s1. The number of hydrogen-bond acceptors (Lipinski definition) is 2. The van der Waals surface area contributed by atoms with Gasteiger partial charge in [-0.25, -0.2) is 0 Å². The van der Waals surface area contributed by atoms with Crippen LogP contribution in [0.25, 0.3) is 0 Å². The second kappa shape index (κ2) is 6.23. The van der Waals surface area contributed by atoms with Gasteiger partial charge in [-0.05, 0) is 23.0 Å². The molecule has 0 radical (unpaired) electrons. The van der Waals surface area contributed by atoms with E-state index < -0.39 is 11.2 Å². The van der Waals surface area contributed by atoms with Gasteiger partial charge in [-0.2, -0.15) is 0 Å². The van der Waals surface area contributed by atoms with E-state index in [9.17, 15) is 10.2 Å². The molecule has 0 aromatic heterocycles. The van der Waals surface area contributed by atoms with Gasteiger partial charge in [-0.1, -0.05) is 88.4 Å². The summed E-state index contributed by atoms with van der Waals surface area (Å²) in [5.74, 6) is -0.301. The van der Waals surface area contributed by atoms with Gasteiger partial charge < -0.3 is 10.2 Å². The summed E-state index contributed by atoms with van der Waals surface area (Å²) in [6.45, 7) is 7.79. The molecule has 0 spiro atoms. The van der Waals surface area contributed by atoms with Crippen molar-refractivity contribution in [2.24, 2.45) is 11.8 Å². The molecule has 0 heterocycles. The van der Waals surface area contributed by atoms with Crippen LogP contribution in [0, 0.1) is 11.8 Å². The molecular weight excluding hydrogens is 272 g/mol. The summed E-state index contributed by atoms with van der Waals surface area (Å²) in [4.78, 5) is 0. The highest BCUT2D eigenvalue weighted by molar-refractivity contribution is 5.35. The van der Waals surface area contributed by atoms with Crippen LogP contribution in [-0.4, -0.2) is 10.2 Å². The molecule has 0 saturated heterocycles. The summed E-state index contributed by atoms with van der Waals surface area (Å²) in [5.41, 5.74) is -1.26. The van der Waals surface area contributed by atoms with E-state index in [-0.39, 0.29) is 11.8 Å². The Morgan fingerprint density at radius 2 is 0.864 bits per heavy atom. The second-order valence-corrected chi connectivity index (χ2v) is 6.57. The van der Waals surface area contributed by atoms with Gasteiger partial charge in [0, 0.05) is 0 Å². The lowest BCUT2D eigenvalue weighted by Gasteiger charge is -2.49. The average Bonchev–Trinajstić information content (AvgIpc) is 2.54. The van der Waals surface area contributed by atoms with Crippen molar-refractivity contribution in [3.63, 3.8) is 0 Å². The van der Waals surface area contributed by atoms with E-state index in [1.165, 1.54) is 0 Å². The van der Waals surface area contributed by atoms with Crippen molar-refractivity contribution >= 4 is 0 Å². The van der Waals surface area contributed by atoms with Crippen molar-refractivity contribution in [2.45, 2.75) is 38.9 Å². The molecule has 0 bridgehead atoms. The number of aliphatic hydroxyl groups is 2. The van der Waals surface area contributed by atoms with Crippen LogP contribution in [0.3, 0.4) is 0 Å². The monoisotopic (exact) mass is 298 g/mol. The number of hydrogen-bond donors (Lipinski definition) is 2. The zero-order valence-corrected chi connectivity index (χ0v) is 13.8. The largest absolute Gasteiger partial charge is 0.381 e. The van der Waals surface area contributed by atoms with Crippen molar-refractivity contribution in [3.8, 4) is 0 Å². The first-order chi connectivity index (χ1) is 10.3. The highest BCUT2D eigenvalue weighted by Crippen LogP contribution is 2.49. The summed E-state index contributed by atoms with van der Waals surface area (Å²) in [5, 5.41) is 23.3. The van der Waals surface area contributed by atoms with E-state index in [0.717, 1.165) is 11.1 Å². The van der Waals surface area contributed by atoms with Crippen molar-refractivity contribution in [1.29, 1.82) is 0 Å². The van der Waals surface area contributed by atoms with Crippen LogP contribution >= 0.6 is 0 Å². The lowest BCUT2D eigenvalue weighted by Crippen LogP contribution is -2.55. The maximum absolute atomic E-state index is 11.7. The fourth-order valence-corrected chi connectivity index (χ4v) is 3.37. The molecule has 2 aromatic carbocycles. The van der Waals surface area contributed by atoms with Gasteiger partial charge in [-0.3, -0.25) is 0 Å². The van der Waals surface area contributed by atoms with E-state index in [1.54, 1.807) is 0 Å². The summed E-state index contributed by atoms with van der Waals surface area (Å²) in [6.07, 6.45) is 0. The normalized spacial score (nSPS) is 17.3. The van der Waals surface area contributed by atoms with Crippen molar-refractivity contribution in [1.82, 2.24) is 0 Å². The van der Waals surface area contributed by atoms with Crippen LogP contribution in [0.2, 0.25) is 0 Å². The molecule has 0 aliphatic carbocycles. The summed E-state index contributed by atoms with van der Waals surface area (Å²) in [7, 11) is 0. The summed E-state index contributed by atoms with van der Waals surface area (Å²) in [6, 6.07) is 19.0. The van der Waals surface area contributed by atoms with Gasteiger partial charge in [-0.15, -0.1) is 0 Å². The van der Waals surface area contributed by atoms with E-state index in [2.05, 4.69) is 0 Å². The Kier molecular flexibility index (Phi) is 4.74. The van der Waals surface area contributed by atoms with Crippen LogP contribution in [-0.2, 0) is 11.2 Å². The first kappa shape index (κ1) is 16.7. The Balaban J connectivity index is 2.72. The minimum absolute atomic E-state index is 0.150. The third kappa shape index (κ3) is 2.47. The molecule has 0 saturated carbocycles. The zero-order valence-electron chi connectivity index (χ0n) is 13.8. The van der Waals surface area contributed by atoms with Gasteiger partial charge in [0.2, 0.25) is 0 Å². The molecule has 2 atom stereocenters. The van der Waals surface area contributed by atoms with E-state index >= 15 is 0 Å². The van der Waals surface area contributed by atoms with Crippen molar-refractivity contribution < 1.29 is 10.2 Å². The van der Waals surface area contributed by atoms with Gasteiger partial charge >= 0.3 is 0 Å². The van der Waals surface area contributed by atoms with Crippen LogP contribution in [0.4, 0.5) is 0 Å². The molecule has 2 heteroatoms. The van der Waals surface area contributed by atoms with Gasteiger partial charge in [0.05, 0.1) is 0 Å². The minimum atomic E-state index is -1.37. The smallest absolute Gasteiger partial charge is 0.125 e. The lowest BCUT2D eigenvalue weighted by molar-refractivity contribution is -0.212. The molecule has 0 fully saturated rings. The molecule has 0 amide bonds. The van der Waals surface area contributed by atoms with E-state index in [0.29, 0.717) is 0 Å². The first-order valence-corrected chi connectivity index (χ1v) is 7.91. The molecule has 22 heavy (non-hydrogen) atoms. The summed E-state index contributed by atoms with van der Waals surface area (Å²) < 4.78 is 0. The topological polar surface area (TPSA) is 40.5 Å². The van der Waals surface area contributed by atoms with E-state index in [4.69, 9.17) is 0 Å². The molecule has 2 rings (SSSR count). The first-order valence-electron chi connectivity index (χ1n) is 7.91. The Hall–Kier alpha value is -1.64. The van der Waals surface area contributed by atoms with Crippen LogP contribution in [0.5, 0.6) is 0 Å².